The van der Waals surface area contributed by atoms with E-state index in [0.717, 1.165) is 19.3 Å². The average molecular weight is 267 g/mol. The molecule has 0 saturated heterocycles. The molecule has 3 heteroatoms. The van der Waals surface area contributed by atoms with Crippen molar-refractivity contribution in [3.05, 3.63) is 21.9 Å². The van der Waals surface area contributed by atoms with E-state index in [1.54, 1.807) is 0 Å². The van der Waals surface area contributed by atoms with Gasteiger partial charge in [0.2, 0.25) is 0 Å². The monoisotopic (exact) mass is 267 g/mol. The number of aliphatic hydroxyl groups excluding tert-OH is 1. The fourth-order valence-corrected chi connectivity index (χ4v) is 3.67. The number of thiophene rings is 1. The molecule has 102 valence electrons. The molecule has 1 aromatic heterocycles. The van der Waals surface area contributed by atoms with Crippen LogP contribution in [0, 0.1) is 0 Å². The first-order valence-corrected chi connectivity index (χ1v) is 8.05. The molecule has 1 aliphatic rings. The number of rotatable bonds is 4. The zero-order valence-electron chi connectivity index (χ0n) is 11.5. The van der Waals surface area contributed by atoms with Crippen molar-refractivity contribution in [2.75, 3.05) is 0 Å². The van der Waals surface area contributed by atoms with E-state index in [4.69, 9.17) is 0 Å². The summed E-state index contributed by atoms with van der Waals surface area (Å²) >= 11 is 1.89. The van der Waals surface area contributed by atoms with Gasteiger partial charge in [-0.3, -0.25) is 0 Å². The highest BCUT2D eigenvalue weighted by molar-refractivity contribution is 7.12. The first kappa shape index (κ1) is 14.0. The Hall–Kier alpha value is -0.380. The molecule has 18 heavy (non-hydrogen) atoms. The summed E-state index contributed by atoms with van der Waals surface area (Å²) in [5.74, 6) is 0. The Balaban J connectivity index is 1.94. The van der Waals surface area contributed by atoms with Crippen molar-refractivity contribution in [1.82, 2.24) is 5.32 Å². The van der Waals surface area contributed by atoms with Gasteiger partial charge in [-0.05, 0) is 38.3 Å². The minimum atomic E-state index is -0.166. The number of hydrogen-bond acceptors (Lipinski definition) is 3. The molecule has 0 amide bonds. The van der Waals surface area contributed by atoms with Crippen LogP contribution in [0.15, 0.2) is 12.1 Å². The number of aliphatic hydroxyl groups is 1. The number of nitrogens with one attached hydrogen (secondary N) is 1. The second-order valence-electron chi connectivity index (χ2n) is 5.36. The van der Waals surface area contributed by atoms with Crippen molar-refractivity contribution >= 4 is 11.3 Å². The van der Waals surface area contributed by atoms with Crippen LogP contribution < -0.4 is 5.32 Å². The molecule has 0 radical (unpaired) electrons. The Morgan fingerprint density at radius 1 is 1.33 bits per heavy atom. The van der Waals surface area contributed by atoms with Crippen LogP contribution in [0.1, 0.15) is 61.7 Å². The summed E-state index contributed by atoms with van der Waals surface area (Å²) in [6.07, 6.45) is 6.69. The van der Waals surface area contributed by atoms with Gasteiger partial charge in [0.15, 0.2) is 0 Å². The standard InChI is InChI=1S/C15H25NOS/c1-3-12-9-10-15(18-12)11(2)16-13-7-5-4-6-8-14(13)17/h9-11,13-14,16-17H,3-8H2,1-2H3. The number of aryl methyl sites for hydroxylation is 1. The van der Waals surface area contributed by atoms with E-state index in [-0.39, 0.29) is 12.1 Å². The molecule has 1 saturated carbocycles. The third-order valence-electron chi connectivity index (χ3n) is 3.90. The lowest BCUT2D eigenvalue weighted by Crippen LogP contribution is -2.40. The fourth-order valence-electron chi connectivity index (χ4n) is 2.70. The maximum Gasteiger partial charge on any atom is 0.0693 e. The predicted molar refractivity (Wildman–Crippen MR) is 78.1 cm³/mol. The van der Waals surface area contributed by atoms with Crippen molar-refractivity contribution in [3.8, 4) is 0 Å². The van der Waals surface area contributed by atoms with E-state index in [0.29, 0.717) is 6.04 Å². The first-order chi connectivity index (χ1) is 8.70. The van der Waals surface area contributed by atoms with E-state index in [1.807, 2.05) is 11.3 Å². The zero-order valence-corrected chi connectivity index (χ0v) is 12.3. The molecule has 1 fully saturated rings. The molecule has 0 aromatic carbocycles. The lowest BCUT2D eigenvalue weighted by atomic mass is 10.0. The van der Waals surface area contributed by atoms with Gasteiger partial charge in [-0.1, -0.05) is 26.2 Å². The molecule has 2 nitrogen and oxygen atoms in total. The molecule has 0 aliphatic heterocycles. The minimum Gasteiger partial charge on any atom is -0.392 e. The maximum absolute atomic E-state index is 10.1. The molecule has 0 bridgehead atoms. The average Bonchev–Trinajstić information content (AvgIpc) is 2.77. The summed E-state index contributed by atoms with van der Waals surface area (Å²) in [5, 5.41) is 13.8. The highest BCUT2D eigenvalue weighted by atomic mass is 32.1. The highest BCUT2D eigenvalue weighted by Gasteiger charge is 2.23. The smallest absolute Gasteiger partial charge is 0.0693 e. The maximum atomic E-state index is 10.1. The Morgan fingerprint density at radius 3 is 2.83 bits per heavy atom. The fraction of sp³-hybridized carbons (Fsp3) is 0.733. The Labute approximate surface area is 114 Å². The molecule has 3 atom stereocenters. The third kappa shape index (κ3) is 3.56. The summed E-state index contributed by atoms with van der Waals surface area (Å²) in [5.41, 5.74) is 0. The SMILES string of the molecule is CCc1ccc(C(C)NC2CCCCCC2O)s1. The van der Waals surface area contributed by atoms with Gasteiger partial charge in [0.1, 0.15) is 0 Å². The van der Waals surface area contributed by atoms with Gasteiger partial charge in [-0.25, -0.2) is 0 Å². The van der Waals surface area contributed by atoms with Gasteiger partial charge < -0.3 is 10.4 Å². The van der Waals surface area contributed by atoms with Crippen molar-refractivity contribution in [3.63, 3.8) is 0 Å². The number of hydrogen-bond donors (Lipinski definition) is 2. The molecule has 3 unspecified atom stereocenters. The Bertz CT molecular complexity index is 363. The lowest BCUT2D eigenvalue weighted by Gasteiger charge is -2.25. The van der Waals surface area contributed by atoms with E-state index >= 15 is 0 Å². The molecule has 2 rings (SSSR count). The van der Waals surface area contributed by atoms with Crippen molar-refractivity contribution in [2.45, 2.75) is 70.6 Å². The molecular formula is C15H25NOS. The van der Waals surface area contributed by atoms with Crippen LogP contribution in [0.2, 0.25) is 0 Å². The van der Waals surface area contributed by atoms with Crippen LogP contribution in [0.3, 0.4) is 0 Å². The molecule has 1 heterocycles. The van der Waals surface area contributed by atoms with Crippen molar-refractivity contribution in [1.29, 1.82) is 0 Å². The quantitative estimate of drug-likeness (QED) is 0.816. The van der Waals surface area contributed by atoms with Crippen LogP contribution in [0.25, 0.3) is 0 Å². The van der Waals surface area contributed by atoms with Crippen LogP contribution in [0.4, 0.5) is 0 Å². The predicted octanol–water partition coefficient (Wildman–Crippen LogP) is 3.65. The first-order valence-electron chi connectivity index (χ1n) is 7.23. The highest BCUT2D eigenvalue weighted by Crippen LogP contribution is 2.26. The zero-order chi connectivity index (χ0) is 13.0. The summed E-state index contributed by atoms with van der Waals surface area (Å²) in [6.45, 7) is 4.41. The normalized spacial score (nSPS) is 26.8. The van der Waals surface area contributed by atoms with Crippen molar-refractivity contribution in [2.24, 2.45) is 0 Å². The summed E-state index contributed by atoms with van der Waals surface area (Å²) in [7, 11) is 0. The Morgan fingerprint density at radius 2 is 2.11 bits per heavy atom. The van der Waals surface area contributed by atoms with Crippen LogP contribution in [0.5, 0.6) is 0 Å². The van der Waals surface area contributed by atoms with Gasteiger partial charge in [-0.2, -0.15) is 0 Å². The van der Waals surface area contributed by atoms with Gasteiger partial charge >= 0.3 is 0 Å². The largest absolute Gasteiger partial charge is 0.392 e. The summed E-state index contributed by atoms with van der Waals surface area (Å²) in [6, 6.07) is 5.08. The van der Waals surface area contributed by atoms with Gasteiger partial charge in [0, 0.05) is 21.8 Å². The Kier molecular flexibility index (Phi) is 5.22. The summed E-state index contributed by atoms with van der Waals surface area (Å²) < 4.78 is 0. The van der Waals surface area contributed by atoms with Crippen molar-refractivity contribution < 1.29 is 5.11 Å². The minimum absolute atomic E-state index is 0.166. The lowest BCUT2D eigenvalue weighted by molar-refractivity contribution is 0.115. The van der Waals surface area contributed by atoms with E-state index in [9.17, 15) is 5.11 Å². The van der Waals surface area contributed by atoms with Gasteiger partial charge in [0.25, 0.3) is 0 Å². The van der Waals surface area contributed by atoms with E-state index < -0.39 is 0 Å². The molecular weight excluding hydrogens is 242 g/mol. The summed E-state index contributed by atoms with van der Waals surface area (Å²) in [4.78, 5) is 2.84. The molecule has 1 aliphatic carbocycles. The van der Waals surface area contributed by atoms with E-state index in [1.165, 1.54) is 29.0 Å². The van der Waals surface area contributed by atoms with Crippen LogP contribution >= 0.6 is 11.3 Å². The molecule has 2 N–H and O–H groups in total. The third-order valence-corrected chi connectivity index (χ3v) is 5.31. The van der Waals surface area contributed by atoms with Gasteiger partial charge in [0.05, 0.1) is 6.10 Å². The van der Waals surface area contributed by atoms with E-state index in [2.05, 4.69) is 31.3 Å². The van der Waals surface area contributed by atoms with Gasteiger partial charge in [-0.15, -0.1) is 11.3 Å². The van der Waals surface area contributed by atoms with Crippen LogP contribution in [-0.2, 0) is 6.42 Å². The second kappa shape index (κ2) is 6.69. The molecule has 1 aromatic rings. The molecule has 0 spiro atoms. The second-order valence-corrected chi connectivity index (χ2v) is 6.56. The van der Waals surface area contributed by atoms with Crippen LogP contribution in [-0.4, -0.2) is 17.3 Å². The topological polar surface area (TPSA) is 32.3 Å².